The number of rotatable bonds is 4. The first-order valence-corrected chi connectivity index (χ1v) is 6.72. The predicted molar refractivity (Wildman–Crippen MR) is 77.1 cm³/mol. The number of carbonyl (C=O) groups is 1. The molecule has 0 unspecified atom stereocenters. The van der Waals surface area contributed by atoms with Crippen LogP contribution in [0.1, 0.15) is 10.4 Å². The Morgan fingerprint density at radius 2 is 2.19 bits per heavy atom. The first-order valence-electron chi connectivity index (χ1n) is 5.93. The van der Waals surface area contributed by atoms with Crippen LogP contribution < -0.4 is 0 Å². The first-order chi connectivity index (χ1) is 10.1. The van der Waals surface area contributed by atoms with Crippen LogP contribution in [0.4, 0.5) is 5.82 Å². The predicted octanol–water partition coefficient (Wildman–Crippen LogP) is 3.18. The van der Waals surface area contributed by atoms with E-state index in [0.29, 0.717) is 16.5 Å². The molecule has 7 nitrogen and oxygen atoms in total. The van der Waals surface area contributed by atoms with Crippen LogP contribution in [-0.4, -0.2) is 20.5 Å². The molecular weight excluding hydrogens is 342 g/mol. The fourth-order valence-electron chi connectivity index (χ4n) is 2.02. The van der Waals surface area contributed by atoms with Crippen LogP contribution in [0.25, 0.3) is 11.0 Å². The second-order valence-electron chi connectivity index (χ2n) is 4.32. The van der Waals surface area contributed by atoms with E-state index in [0.717, 1.165) is 0 Å². The van der Waals surface area contributed by atoms with Crippen LogP contribution in [-0.2, 0) is 6.54 Å². The number of furan rings is 1. The Bertz CT molecular complexity index is 852. The van der Waals surface area contributed by atoms with Crippen molar-refractivity contribution in [3.05, 3.63) is 56.9 Å². The Kier molecular flexibility index (Phi) is 3.30. The van der Waals surface area contributed by atoms with Crippen molar-refractivity contribution in [3.8, 4) is 0 Å². The van der Waals surface area contributed by atoms with E-state index in [-0.39, 0.29) is 22.6 Å². The number of Topliss-reactive ketones (excluding diaryl/α,β-unsaturated/α-hetero) is 1. The SMILES string of the molecule is O=C(Cn1cc(Br)c([N+](=O)[O-])n1)c1coc2ccccc12. The van der Waals surface area contributed by atoms with Gasteiger partial charge in [0, 0.05) is 5.39 Å². The second kappa shape index (κ2) is 5.13. The molecule has 0 atom stereocenters. The molecule has 0 saturated heterocycles. The van der Waals surface area contributed by atoms with E-state index in [4.69, 9.17) is 4.42 Å². The molecule has 0 bridgehead atoms. The Morgan fingerprint density at radius 1 is 1.43 bits per heavy atom. The summed E-state index contributed by atoms with van der Waals surface area (Å²) in [5.74, 6) is -0.551. The normalized spacial score (nSPS) is 10.9. The number of para-hydroxylation sites is 1. The largest absolute Gasteiger partial charge is 0.464 e. The Morgan fingerprint density at radius 3 is 2.90 bits per heavy atom. The molecule has 2 aromatic heterocycles. The molecule has 0 aliphatic heterocycles. The van der Waals surface area contributed by atoms with Gasteiger partial charge in [0.1, 0.15) is 22.9 Å². The van der Waals surface area contributed by atoms with Gasteiger partial charge in [0.05, 0.1) is 16.9 Å². The van der Waals surface area contributed by atoms with Gasteiger partial charge in [-0.25, -0.2) is 0 Å². The third-order valence-electron chi connectivity index (χ3n) is 2.96. The smallest absolute Gasteiger partial charge is 0.404 e. The van der Waals surface area contributed by atoms with E-state index in [1.165, 1.54) is 17.1 Å². The summed E-state index contributed by atoms with van der Waals surface area (Å²) >= 11 is 3.04. The van der Waals surface area contributed by atoms with Gasteiger partial charge in [0.25, 0.3) is 0 Å². The summed E-state index contributed by atoms with van der Waals surface area (Å²) in [6, 6.07) is 7.17. The van der Waals surface area contributed by atoms with E-state index in [2.05, 4.69) is 21.0 Å². The van der Waals surface area contributed by atoms with Gasteiger partial charge < -0.3 is 14.5 Å². The fourth-order valence-corrected chi connectivity index (χ4v) is 2.48. The quantitative estimate of drug-likeness (QED) is 0.409. The standard InChI is InChI=1S/C13H8BrN3O4/c14-10-5-16(15-13(10)17(19)20)6-11(18)9-7-21-12-4-2-1-3-8(9)12/h1-5,7H,6H2. The van der Waals surface area contributed by atoms with Crippen LogP contribution in [0.3, 0.4) is 0 Å². The molecule has 0 amide bonds. The summed E-state index contributed by atoms with van der Waals surface area (Å²) in [6.45, 7) is -0.101. The molecule has 3 rings (SSSR count). The average molecular weight is 350 g/mol. The van der Waals surface area contributed by atoms with Gasteiger partial charge in [0.15, 0.2) is 5.78 Å². The van der Waals surface area contributed by atoms with Crippen molar-refractivity contribution < 1.29 is 14.1 Å². The van der Waals surface area contributed by atoms with E-state index in [9.17, 15) is 14.9 Å². The molecule has 8 heteroatoms. The maximum Gasteiger partial charge on any atom is 0.404 e. The van der Waals surface area contributed by atoms with Gasteiger partial charge in [0.2, 0.25) is 0 Å². The van der Waals surface area contributed by atoms with Gasteiger partial charge in [-0.3, -0.25) is 4.79 Å². The summed E-state index contributed by atoms with van der Waals surface area (Å²) in [7, 11) is 0. The number of benzene rings is 1. The number of nitro groups is 1. The molecule has 3 aromatic rings. The molecule has 21 heavy (non-hydrogen) atoms. The molecule has 0 aliphatic carbocycles. The number of ketones is 1. The second-order valence-corrected chi connectivity index (χ2v) is 5.18. The Hall–Kier alpha value is -2.48. The van der Waals surface area contributed by atoms with E-state index < -0.39 is 4.92 Å². The highest BCUT2D eigenvalue weighted by Gasteiger charge is 2.21. The van der Waals surface area contributed by atoms with Gasteiger partial charge in [-0.15, -0.1) is 0 Å². The highest BCUT2D eigenvalue weighted by molar-refractivity contribution is 9.10. The van der Waals surface area contributed by atoms with Crippen molar-refractivity contribution in [2.75, 3.05) is 0 Å². The number of fused-ring (bicyclic) bond motifs is 1. The minimum absolute atomic E-state index is 0.101. The zero-order valence-corrected chi connectivity index (χ0v) is 12.1. The summed E-state index contributed by atoms with van der Waals surface area (Å²) < 4.78 is 6.77. The lowest BCUT2D eigenvalue weighted by molar-refractivity contribution is -0.390. The molecule has 2 heterocycles. The van der Waals surface area contributed by atoms with Crippen LogP contribution in [0.15, 0.2) is 45.6 Å². The number of carbonyl (C=O) groups excluding carboxylic acids is 1. The molecule has 0 saturated carbocycles. The number of nitrogens with zero attached hydrogens (tertiary/aromatic N) is 3. The Balaban J connectivity index is 1.90. The summed E-state index contributed by atoms with van der Waals surface area (Å²) in [4.78, 5) is 22.4. The first kappa shape index (κ1) is 13.5. The fraction of sp³-hybridized carbons (Fsp3) is 0.0769. The van der Waals surface area contributed by atoms with Crippen molar-refractivity contribution in [2.24, 2.45) is 0 Å². The lowest BCUT2D eigenvalue weighted by Crippen LogP contribution is -2.10. The van der Waals surface area contributed by atoms with Gasteiger partial charge in [-0.2, -0.15) is 4.68 Å². The van der Waals surface area contributed by atoms with Crippen molar-refractivity contribution in [1.29, 1.82) is 0 Å². The highest BCUT2D eigenvalue weighted by atomic mass is 79.9. The molecule has 0 N–H and O–H groups in total. The van der Waals surface area contributed by atoms with E-state index in [1.54, 1.807) is 12.1 Å². The maximum atomic E-state index is 12.3. The average Bonchev–Trinajstić information content (AvgIpc) is 3.02. The monoisotopic (exact) mass is 349 g/mol. The lowest BCUT2D eigenvalue weighted by Gasteiger charge is -1.96. The van der Waals surface area contributed by atoms with Gasteiger partial charge in [-0.05, 0) is 26.9 Å². The molecule has 0 radical (unpaired) electrons. The van der Waals surface area contributed by atoms with Crippen LogP contribution in [0.5, 0.6) is 0 Å². The van der Waals surface area contributed by atoms with Crippen molar-refractivity contribution in [3.63, 3.8) is 0 Å². The minimum atomic E-state index is -0.613. The third-order valence-corrected chi connectivity index (χ3v) is 3.52. The minimum Gasteiger partial charge on any atom is -0.464 e. The van der Waals surface area contributed by atoms with Crippen molar-refractivity contribution in [1.82, 2.24) is 9.78 Å². The van der Waals surface area contributed by atoms with Gasteiger partial charge >= 0.3 is 5.82 Å². The zero-order valence-electron chi connectivity index (χ0n) is 10.5. The van der Waals surface area contributed by atoms with Crippen LogP contribution in [0.2, 0.25) is 0 Å². The summed E-state index contributed by atoms with van der Waals surface area (Å²) in [5, 5.41) is 15.2. The molecular formula is C13H8BrN3O4. The van der Waals surface area contributed by atoms with E-state index >= 15 is 0 Å². The maximum absolute atomic E-state index is 12.3. The van der Waals surface area contributed by atoms with Crippen LogP contribution in [0, 0.1) is 10.1 Å². The van der Waals surface area contributed by atoms with E-state index in [1.807, 2.05) is 12.1 Å². The molecule has 1 aromatic carbocycles. The topological polar surface area (TPSA) is 91.2 Å². The number of hydrogen-bond acceptors (Lipinski definition) is 5. The Labute approximate surface area is 126 Å². The number of aromatic nitrogens is 2. The summed E-state index contributed by atoms with van der Waals surface area (Å²) in [6.07, 6.45) is 2.79. The summed E-state index contributed by atoms with van der Waals surface area (Å²) in [5.41, 5.74) is 1.05. The van der Waals surface area contributed by atoms with Crippen molar-refractivity contribution in [2.45, 2.75) is 6.54 Å². The number of hydrogen-bond donors (Lipinski definition) is 0. The molecule has 0 aliphatic rings. The van der Waals surface area contributed by atoms with Crippen molar-refractivity contribution >= 4 is 38.5 Å². The molecule has 0 fully saturated rings. The van der Waals surface area contributed by atoms with Gasteiger partial charge in [-0.1, -0.05) is 18.2 Å². The third kappa shape index (κ3) is 2.45. The molecule has 106 valence electrons. The number of halogens is 1. The molecule has 0 spiro atoms. The lowest BCUT2D eigenvalue weighted by atomic mass is 10.1. The highest BCUT2D eigenvalue weighted by Crippen LogP contribution is 2.24. The zero-order chi connectivity index (χ0) is 15.0. The van der Waals surface area contributed by atoms with Crippen LogP contribution >= 0.6 is 15.9 Å².